The number of ether oxygens (including phenoxy) is 2. The van der Waals surface area contributed by atoms with Crippen LogP contribution in [0.1, 0.15) is 0 Å². The largest absolute Gasteiger partial charge is 0.456 e. The van der Waals surface area contributed by atoms with E-state index in [9.17, 15) is 4.79 Å². The first-order valence-corrected chi connectivity index (χ1v) is 3.24. The van der Waals surface area contributed by atoms with Gasteiger partial charge in [-0.05, 0) is 7.05 Å². The van der Waals surface area contributed by atoms with Gasteiger partial charge in [0, 0.05) is 0 Å². The summed E-state index contributed by atoms with van der Waals surface area (Å²) >= 11 is 0. The van der Waals surface area contributed by atoms with Gasteiger partial charge in [0.25, 0.3) is 0 Å². The molecule has 58 valence electrons. The number of carbonyl (C=O) groups is 1. The third-order valence-electron chi connectivity index (χ3n) is 1.23. The highest BCUT2D eigenvalue weighted by atomic mass is 16.6. The third kappa shape index (κ3) is 1.97. The predicted octanol–water partition coefficient (Wildman–Crippen LogP) is -0.852. The summed E-state index contributed by atoms with van der Waals surface area (Å²) in [6.07, 6.45) is 0.000787. The van der Waals surface area contributed by atoms with E-state index in [1.165, 1.54) is 0 Å². The molecule has 0 aromatic rings. The molecule has 1 N–H and O–H groups in total. The number of esters is 1. The van der Waals surface area contributed by atoms with E-state index in [0.29, 0.717) is 13.2 Å². The lowest BCUT2D eigenvalue weighted by Gasteiger charge is -2.25. The molecule has 4 heteroatoms. The van der Waals surface area contributed by atoms with Crippen LogP contribution in [0.4, 0.5) is 0 Å². The lowest BCUT2D eigenvalue weighted by Crippen LogP contribution is -2.39. The van der Waals surface area contributed by atoms with Gasteiger partial charge < -0.3 is 14.8 Å². The molecule has 0 spiro atoms. The van der Waals surface area contributed by atoms with Crippen molar-refractivity contribution in [3.05, 3.63) is 0 Å². The van der Waals surface area contributed by atoms with Crippen LogP contribution in [0, 0.1) is 0 Å². The van der Waals surface area contributed by atoms with Crippen molar-refractivity contribution in [3.8, 4) is 0 Å². The lowest BCUT2D eigenvalue weighted by molar-refractivity contribution is -0.170. The summed E-state index contributed by atoms with van der Waals surface area (Å²) in [6.45, 7) is 1.38. The summed E-state index contributed by atoms with van der Waals surface area (Å²) < 4.78 is 9.72. The molecule has 0 bridgehead atoms. The van der Waals surface area contributed by atoms with Crippen LogP contribution in [0.3, 0.4) is 0 Å². The second kappa shape index (κ2) is 3.53. The van der Waals surface area contributed by atoms with Crippen molar-refractivity contribution in [1.29, 1.82) is 0 Å². The van der Waals surface area contributed by atoms with E-state index >= 15 is 0 Å². The Bertz CT molecular complexity index is 122. The second-order valence-electron chi connectivity index (χ2n) is 2.18. The van der Waals surface area contributed by atoms with Gasteiger partial charge in [-0.25, -0.2) is 0 Å². The van der Waals surface area contributed by atoms with Gasteiger partial charge in [0.2, 0.25) is 0 Å². The molecule has 0 unspecified atom stereocenters. The van der Waals surface area contributed by atoms with E-state index in [0.717, 1.165) is 0 Å². The van der Waals surface area contributed by atoms with E-state index in [1.807, 2.05) is 0 Å². The molecule has 10 heavy (non-hydrogen) atoms. The molecule has 1 aliphatic heterocycles. The van der Waals surface area contributed by atoms with E-state index in [4.69, 9.17) is 9.47 Å². The Labute approximate surface area is 59.5 Å². The maximum Gasteiger partial charge on any atom is 0.320 e. The fraction of sp³-hybridized carbons (Fsp3) is 0.833. The highest BCUT2D eigenvalue weighted by Crippen LogP contribution is 2.04. The fourth-order valence-electron chi connectivity index (χ4n) is 0.654. The Kier molecular flexibility index (Phi) is 2.65. The molecular weight excluding hydrogens is 134 g/mol. The lowest BCUT2D eigenvalue weighted by atomic mass is 10.3. The van der Waals surface area contributed by atoms with Crippen LogP contribution in [-0.4, -0.2) is 38.9 Å². The van der Waals surface area contributed by atoms with Crippen LogP contribution in [0.5, 0.6) is 0 Å². The minimum Gasteiger partial charge on any atom is -0.456 e. The average molecular weight is 145 g/mol. The van der Waals surface area contributed by atoms with Crippen LogP contribution < -0.4 is 5.32 Å². The Hall–Kier alpha value is -0.610. The molecule has 1 heterocycles. The van der Waals surface area contributed by atoms with Crippen LogP contribution in [-0.2, 0) is 14.3 Å². The molecule has 1 rings (SSSR count). The number of likely N-dealkylation sites (N-methyl/N-ethyl adjacent to an activating group) is 1. The Morgan fingerprint density at radius 1 is 1.80 bits per heavy atom. The first-order valence-electron chi connectivity index (χ1n) is 3.24. The van der Waals surface area contributed by atoms with Gasteiger partial charge in [0.15, 0.2) is 0 Å². The summed E-state index contributed by atoms with van der Waals surface area (Å²) in [5, 5.41) is 2.71. The SMILES string of the molecule is CNCC(=O)OC1COC1. The molecule has 0 aliphatic carbocycles. The van der Waals surface area contributed by atoms with Crippen molar-refractivity contribution in [3.63, 3.8) is 0 Å². The summed E-state index contributed by atoms with van der Waals surface area (Å²) in [6, 6.07) is 0. The first-order chi connectivity index (χ1) is 4.83. The van der Waals surface area contributed by atoms with Crippen molar-refractivity contribution >= 4 is 5.97 Å². The smallest absolute Gasteiger partial charge is 0.320 e. The normalized spacial score (nSPS) is 18.1. The molecule has 0 atom stereocenters. The highest BCUT2D eigenvalue weighted by molar-refractivity contribution is 5.71. The van der Waals surface area contributed by atoms with Gasteiger partial charge in [-0.15, -0.1) is 0 Å². The Morgan fingerprint density at radius 2 is 2.50 bits per heavy atom. The van der Waals surface area contributed by atoms with Gasteiger partial charge in [0.05, 0.1) is 19.8 Å². The Balaban J connectivity index is 2.05. The molecule has 0 radical (unpaired) electrons. The standard InChI is InChI=1S/C6H11NO3/c1-7-2-6(8)10-5-3-9-4-5/h5,7H,2-4H2,1H3. The zero-order valence-corrected chi connectivity index (χ0v) is 5.92. The number of hydrogen-bond donors (Lipinski definition) is 1. The molecule has 0 aromatic heterocycles. The van der Waals surface area contributed by atoms with Crippen molar-refractivity contribution in [1.82, 2.24) is 5.32 Å². The van der Waals surface area contributed by atoms with Crippen molar-refractivity contribution in [2.75, 3.05) is 26.8 Å². The average Bonchev–Trinajstić information content (AvgIpc) is 1.80. The maximum absolute atomic E-state index is 10.7. The van der Waals surface area contributed by atoms with E-state index in [2.05, 4.69) is 5.32 Å². The van der Waals surface area contributed by atoms with Gasteiger partial charge in [0.1, 0.15) is 6.10 Å². The third-order valence-corrected chi connectivity index (χ3v) is 1.23. The van der Waals surface area contributed by atoms with Gasteiger partial charge in [-0.2, -0.15) is 0 Å². The van der Waals surface area contributed by atoms with E-state index < -0.39 is 0 Å². The van der Waals surface area contributed by atoms with Crippen molar-refractivity contribution in [2.45, 2.75) is 6.10 Å². The van der Waals surface area contributed by atoms with Crippen LogP contribution >= 0.6 is 0 Å². The minimum absolute atomic E-state index is 0.000787. The summed E-state index contributed by atoms with van der Waals surface area (Å²) in [5.41, 5.74) is 0. The van der Waals surface area contributed by atoms with E-state index in [-0.39, 0.29) is 18.6 Å². The number of carbonyl (C=O) groups excluding carboxylic acids is 1. The zero-order chi connectivity index (χ0) is 7.40. The molecule has 0 aromatic carbocycles. The highest BCUT2D eigenvalue weighted by Gasteiger charge is 2.21. The van der Waals surface area contributed by atoms with Crippen molar-refractivity contribution < 1.29 is 14.3 Å². The molecular formula is C6H11NO3. The molecule has 1 aliphatic rings. The monoisotopic (exact) mass is 145 g/mol. The number of nitrogens with one attached hydrogen (secondary N) is 1. The van der Waals surface area contributed by atoms with Crippen LogP contribution in [0.15, 0.2) is 0 Å². The van der Waals surface area contributed by atoms with Crippen LogP contribution in [0.2, 0.25) is 0 Å². The molecule has 0 saturated carbocycles. The number of hydrogen-bond acceptors (Lipinski definition) is 4. The summed E-state index contributed by atoms with van der Waals surface area (Å²) in [5.74, 6) is -0.212. The quantitative estimate of drug-likeness (QED) is 0.525. The fourth-order valence-corrected chi connectivity index (χ4v) is 0.654. The Morgan fingerprint density at radius 3 is 2.90 bits per heavy atom. The predicted molar refractivity (Wildman–Crippen MR) is 34.6 cm³/mol. The van der Waals surface area contributed by atoms with Crippen molar-refractivity contribution in [2.24, 2.45) is 0 Å². The summed E-state index contributed by atoms with van der Waals surface area (Å²) in [7, 11) is 1.71. The molecule has 1 fully saturated rings. The molecule has 4 nitrogen and oxygen atoms in total. The summed E-state index contributed by atoms with van der Waals surface area (Å²) in [4.78, 5) is 10.7. The van der Waals surface area contributed by atoms with Gasteiger partial charge >= 0.3 is 5.97 Å². The number of rotatable bonds is 3. The molecule has 0 amide bonds. The second-order valence-corrected chi connectivity index (χ2v) is 2.18. The topological polar surface area (TPSA) is 47.6 Å². The van der Waals surface area contributed by atoms with Gasteiger partial charge in [-0.1, -0.05) is 0 Å². The maximum atomic E-state index is 10.7. The van der Waals surface area contributed by atoms with Gasteiger partial charge in [-0.3, -0.25) is 4.79 Å². The van der Waals surface area contributed by atoms with Crippen LogP contribution in [0.25, 0.3) is 0 Å². The molecule has 1 saturated heterocycles. The first kappa shape index (κ1) is 7.50. The van der Waals surface area contributed by atoms with E-state index in [1.54, 1.807) is 7.05 Å². The minimum atomic E-state index is -0.212. The zero-order valence-electron chi connectivity index (χ0n) is 5.92.